The second-order valence-electron chi connectivity index (χ2n) is 7.84. The zero-order valence-electron chi connectivity index (χ0n) is 19.9. The van der Waals surface area contributed by atoms with Crippen LogP contribution >= 0.6 is 0 Å². The Morgan fingerprint density at radius 2 is 1.65 bits per heavy atom. The number of aromatic nitrogens is 2. The Kier molecular flexibility index (Phi) is 7.95. The highest BCUT2D eigenvalue weighted by molar-refractivity contribution is 6.11. The third-order valence-corrected chi connectivity index (χ3v) is 5.39. The Morgan fingerprint density at radius 1 is 0.946 bits per heavy atom. The summed E-state index contributed by atoms with van der Waals surface area (Å²) in [6, 6.07) is 19.1. The number of nitrogens with one attached hydrogen (secondary N) is 1. The molecule has 0 aliphatic carbocycles. The Labute approximate surface area is 212 Å². The number of ether oxygens (including phenoxy) is 1. The van der Waals surface area contributed by atoms with Crippen LogP contribution in [0.2, 0.25) is 0 Å². The number of esters is 1. The zero-order chi connectivity index (χ0) is 26.2. The van der Waals surface area contributed by atoms with Gasteiger partial charge in [0, 0.05) is 23.8 Å². The molecule has 0 spiro atoms. The maximum absolute atomic E-state index is 13.8. The molecule has 9 heteroatoms. The summed E-state index contributed by atoms with van der Waals surface area (Å²) in [5, 5.41) is 2.76. The number of carbonyl (C=O) groups is 3. The lowest BCUT2D eigenvalue weighted by atomic mass is 10.0. The van der Waals surface area contributed by atoms with Gasteiger partial charge in [0.1, 0.15) is 17.6 Å². The molecule has 0 unspecified atom stereocenters. The molecule has 0 aliphatic heterocycles. The SMILES string of the molecule is CCOC(=O)c1ccc(N(C(=O)c2cnccn2)[C@H](C(=O)Nc2ccc(F)cc2)c2ccccc2)cc1. The molecule has 4 aromatic rings. The summed E-state index contributed by atoms with van der Waals surface area (Å²) >= 11 is 0. The third-order valence-electron chi connectivity index (χ3n) is 5.39. The van der Waals surface area contributed by atoms with Gasteiger partial charge in [0.2, 0.25) is 0 Å². The van der Waals surface area contributed by atoms with Crippen molar-refractivity contribution in [3.63, 3.8) is 0 Å². The van der Waals surface area contributed by atoms with E-state index in [9.17, 15) is 18.8 Å². The van der Waals surface area contributed by atoms with Gasteiger partial charge in [-0.25, -0.2) is 14.2 Å². The molecule has 1 aromatic heterocycles. The lowest BCUT2D eigenvalue weighted by Gasteiger charge is -2.31. The minimum Gasteiger partial charge on any atom is -0.462 e. The first-order valence-electron chi connectivity index (χ1n) is 11.5. The van der Waals surface area contributed by atoms with E-state index in [2.05, 4.69) is 15.3 Å². The Balaban J connectivity index is 1.80. The van der Waals surface area contributed by atoms with Crippen LogP contribution in [0.5, 0.6) is 0 Å². The molecule has 37 heavy (non-hydrogen) atoms. The van der Waals surface area contributed by atoms with Gasteiger partial charge in [0.05, 0.1) is 18.4 Å². The lowest BCUT2D eigenvalue weighted by molar-refractivity contribution is -0.117. The fourth-order valence-corrected chi connectivity index (χ4v) is 3.69. The van der Waals surface area contributed by atoms with Crippen LogP contribution in [0.1, 0.15) is 39.4 Å². The standard InChI is InChI=1S/C28H23FN4O4/c1-2-37-28(36)20-8-14-23(15-9-20)33(27(35)24-18-30-16-17-31-24)25(19-6-4-3-5-7-19)26(34)32-22-12-10-21(29)11-13-22/h3-18,25H,2H2,1H3,(H,32,34)/t25-/m0/s1. The van der Waals surface area contributed by atoms with Crippen molar-refractivity contribution in [1.82, 2.24) is 9.97 Å². The minimum atomic E-state index is -1.14. The van der Waals surface area contributed by atoms with Crippen LogP contribution in [0.15, 0.2) is 97.5 Å². The second kappa shape index (κ2) is 11.7. The maximum atomic E-state index is 13.8. The Hall–Kier alpha value is -4.92. The quantitative estimate of drug-likeness (QED) is 0.350. The molecule has 1 atom stereocenters. The second-order valence-corrected chi connectivity index (χ2v) is 7.84. The van der Waals surface area contributed by atoms with Crippen molar-refractivity contribution in [2.75, 3.05) is 16.8 Å². The molecule has 2 amide bonds. The van der Waals surface area contributed by atoms with E-state index in [1.165, 1.54) is 59.9 Å². The minimum absolute atomic E-state index is 0.0208. The van der Waals surface area contributed by atoms with Crippen LogP contribution in [0.4, 0.5) is 15.8 Å². The molecule has 4 rings (SSSR count). The maximum Gasteiger partial charge on any atom is 0.338 e. The third kappa shape index (κ3) is 6.02. The van der Waals surface area contributed by atoms with Crippen molar-refractivity contribution in [1.29, 1.82) is 0 Å². The summed E-state index contributed by atoms with van der Waals surface area (Å²) < 4.78 is 18.5. The smallest absolute Gasteiger partial charge is 0.338 e. The number of halogens is 1. The summed E-state index contributed by atoms with van der Waals surface area (Å²) in [6.07, 6.45) is 4.12. The lowest BCUT2D eigenvalue weighted by Crippen LogP contribution is -2.42. The summed E-state index contributed by atoms with van der Waals surface area (Å²) in [7, 11) is 0. The van der Waals surface area contributed by atoms with E-state index in [1.54, 1.807) is 49.4 Å². The molecule has 8 nitrogen and oxygen atoms in total. The normalized spacial score (nSPS) is 11.3. The van der Waals surface area contributed by atoms with Crippen LogP contribution in [-0.2, 0) is 9.53 Å². The fourth-order valence-electron chi connectivity index (χ4n) is 3.69. The number of amides is 2. The first-order valence-corrected chi connectivity index (χ1v) is 11.5. The van der Waals surface area contributed by atoms with Gasteiger partial charge in [-0.1, -0.05) is 30.3 Å². The van der Waals surface area contributed by atoms with Gasteiger partial charge in [-0.05, 0) is 61.0 Å². The summed E-state index contributed by atoms with van der Waals surface area (Å²) in [5.74, 6) is -2.07. The molecule has 0 saturated carbocycles. The fraction of sp³-hybridized carbons (Fsp3) is 0.107. The van der Waals surface area contributed by atoms with Gasteiger partial charge in [-0.15, -0.1) is 0 Å². The van der Waals surface area contributed by atoms with Crippen LogP contribution in [0.25, 0.3) is 0 Å². The molecule has 0 saturated heterocycles. The first-order chi connectivity index (χ1) is 18.0. The molecule has 1 N–H and O–H groups in total. The van der Waals surface area contributed by atoms with Gasteiger partial charge in [0.15, 0.2) is 0 Å². The first kappa shape index (κ1) is 25.2. The van der Waals surface area contributed by atoms with E-state index in [4.69, 9.17) is 4.74 Å². The number of carbonyl (C=O) groups excluding carboxylic acids is 3. The van der Waals surface area contributed by atoms with Gasteiger partial charge >= 0.3 is 5.97 Å². The van der Waals surface area contributed by atoms with E-state index in [0.29, 0.717) is 22.5 Å². The topological polar surface area (TPSA) is 101 Å². The Morgan fingerprint density at radius 3 is 2.27 bits per heavy atom. The average Bonchev–Trinajstić information content (AvgIpc) is 2.93. The zero-order valence-corrected chi connectivity index (χ0v) is 19.9. The highest BCUT2D eigenvalue weighted by Gasteiger charge is 2.34. The molecule has 1 heterocycles. The number of anilines is 2. The number of benzene rings is 3. The molecule has 3 aromatic carbocycles. The van der Waals surface area contributed by atoms with E-state index >= 15 is 0 Å². The number of rotatable bonds is 8. The van der Waals surface area contributed by atoms with Crippen LogP contribution in [0.3, 0.4) is 0 Å². The molecule has 0 bridgehead atoms. The van der Waals surface area contributed by atoms with Crippen molar-refractivity contribution in [2.45, 2.75) is 13.0 Å². The molecule has 0 aliphatic rings. The summed E-state index contributed by atoms with van der Waals surface area (Å²) in [6.45, 7) is 1.93. The van der Waals surface area contributed by atoms with Crippen LogP contribution in [0, 0.1) is 5.82 Å². The molecule has 186 valence electrons. The van der Waals surface area contributed by atoms with E-state index < -0.39 is 29.6 Å². The van der Waals surface area contributed by atoms with Crippen molar-refractivity contribution in [2.24, 2.45) is 0 Å². The van der Waals surface area contributed by atoms with E-state index in [0.717, 1.165) is 0 Å². The van der Waals surface area contributed by atoms with E-state index in [1.807, 2.05) is 0 Å². The highest BCUT2D eigenvalue weighted by Crippen LogP contribution is 2.31. The van der Waals surface area contributed by atoms with Crippen molar-refractivity contribution in [3.05, 3.63) is 120 Å². The molecular weight excluding hydrogens is 475 g/mol. The van der Waals surface area contributed by atoms with Crippen molar-refractivity contribution >= 4 is 29.2 Å². The number of hydrogen-bond acceptors (Lipinski definition) is 6. The van der Waals surface area contributed by atoms with Gasteiger partial charge in [-0.3, -0.25) is 19.5 Å². The monoisotopic (exact) mass is 498 g/mol. The van der Waals surface area contributed by atoms with Crippen LogP contribution in [-0.4, -0.2) is 34.4 Å². The largest absolute Gasteiger partial charge is 0.462 e. The van der Waals surface area contributed by atoms with Gasteiger partial charge < -0.3 is 10.1 Å². The van der Waals surface area contributed by atoms with E-state index in [-0.39, 0.29) is 12.3 Å². The van der Waals surface area contributed by atoms with Gasteiger partial charge in [0.25, 0.3) is 11.8 Å². The van der Waals surface area contributed by atoms with Crippen molar-refractivity contribution in [3.8, 4) is 0 Å². The summed E-state index contributed by atoms with van der Waals surface area (Å²) in [5.41, 5.74) is 1.54. The summed E-state index contributed by atoms with van der Waals surface area (Å²) in [4.78, 5) is 49.0. The average molecular weight is 499 g/mol. The Bertz CT molecular complexity index is 1370. The predicted molar refractivity (Wildman–Crippen MR) is 135 cm³/mol. The molecule has 0 fully saturated rings. The van der Waals surface area contributed by atoms with Crippen molar-refractivity contribution < 1.29 is 23.5 Å². The van der Waals surface area contributed by atoms with Crippen LogP contribution < -0.4 is 10.2 Å². The molecule has 0 radical (unpaired) electrons. The highest BCUT2D eigenvalue weighted by atomic mass is 19.1. The number of nitrogens with zero attached hydrogens (tertiary/aromatic N) is 3. The van der Waals surface area contributed by atoms with Gasteiger partial charge in [-0.2, -0.15) is 0 Å². The number of hydrogen-bond donors (Lipinski definition) is 1. The predicted octanol–water partition coefficient (Wildman–Crippen LogP) is 4.82. The molecular formula is C28H23FN4O4.